The Morgan fingerprint density at radius 2 is 1.58 bits per heavy atom. The zero-order valence-electron chi connectivity index (χ0n) is 20.8. The van der Waals surface area contributed by atoms with Crippen LogP contribution >= 0.6 is 8.15 Å². The lowest BCUT2D eigenvalue weighted by Crippen LogP contribution is -2.32. The molecule has 2 aromatic carbocycles. The number of aryl methyl sites for hydroxylation is 5. The van der Waals surface area contributed by atoms with Crippen LogP contribution in [0.4, 0.5) is 0 Å². The van der Waals surface area contributed by atoms with Gasteiger partial charge in [0.15, 0.2) is 0 Å². The first-order chi connectivity index (χ1) is 15.7. The van der Waals surface area contributed by atoms with E-state index in [0.29, 0.717) is 17.4 Å². The molecule has 0 amide bonds. The third-order valence-corrected chi connectivity index (χ3v) is 8.21. The lowest BCUT2D eigenvalue weighted by Gasteiger charge is -2.28. The van der Waals surface area contributed by atoms with Gasteiger partial charge in [-0.3, -0.25) is 10.1 Å². The smallest absolute Gasteiger partial charge is 0.218 e. The minimum absolute atomic E-state index is 0.198. The Labute approximate surface area is 199 Å². The van der Waals surface area contributed by atoms with Gasteiger partial charge in [-0.05, 0) is 81.3 Å². The van der Waals surface area contributed by atoms with Crippen LogP contribution in [0.15, 0.2) is 24.3 Å². The zero-order valence-corrected chi connectivity index (χ0v) is 21.7. The van der Waals surface area contributed by atoms with Crippen molar-refractivity contribution in [1.29, 1.82) is 0 Å². The van der Waals surface area contributed by atoms with Crippen LogP contribution in [0.1, 0.15) is 81.7 Å². The van der Waals surface area contributed by atoms with Gasteiger partial charge in [0.25, 0.3) is 0 Å². The van der Waals surface area contributed by atoms with Crippen molar-refractivity contribution in [1.82, 2.24) is 5.32 Å². The number of nitrogens with one attached hydrogen (secondary N) is 1. The van der Waals surface area contributed by atoms with Crippen LogP contribution in [0.3, 0.4) is 0 Å². The van der Waals surface area contributed by atoms with Crippen molar-refractivity contribution >= 4 is 13.7 Å². The molecule has 180 valence electrons. The SMILES string of the molecule is COc1cc(C)cc(C)c1C(=O)P(OCNC1CCCCC1)C(O)c1c(C)cc(C)cc1C. The fourth-order valence-corrected chi connectivity index (χ4v) is 6.80. The molecular formula is C27H38NO4P. The van der Waals surface area contributed by atoms with Gasteiger partial charge in [-0.15, -0.1) is 0 Å². The van der Waals surface area contributed by atoms with Crippen molar-refractivity contribution in [2.45, 2.75) is 78.6 Å². The average Bonchev–Trinajstić information content (AvgIpc) is 2.75. The molecule has 0 aliphatic heterocycles. The fourth-order valence-electron chi connectivity index (χ4n) is 4.96. The van der Waals surface area contributed by atoms with Crippen LogP contribution < -0.4 is 10.1 Å². The molecule has 0 spiro atoms. The number of hydrogen-bond donors (Lipinski definition) is 2. The molecule has 2 N–H and O–H groups in total. The molecule has 2 atom stereocenters. The summed E-state index contributed by atoms with van der Waals surface area (Å²) in [7, 11) is -0.305. The Hall–Kier alpha value is -1.78. The summed E-state index contributed by atoms with van der Waals surface area (Å²) in [5.74, 6) is -0.495. The van der Waals surface area contributed by atoms with Gasteiger partial charge in [0, 0.05) is 6.04 Å². The highest BCUT2D eigenvalue weighted by molar-refractivity contribution is 7.71. The van der Waals surface area contributed by atoms with Gasteiger partial charge in [0.2, 0.25) is 5.52 Å². The molecule has 0 saturated heterocycles. The molecule has 0 aromatic heterocycles. The zero-order chi connectivity index (χ0) is 24.1. The Bertz CT molecular complexity index is 961. The van der Waals surface area contributed by atoms with E-state index in [1.54, 1.807) is 7.11 Å². The molecule has 33 heavy (non-hydrogen) atoms. The Kier molecular flexibility index (Phi) is 9.06. The van der Waals surface area contributed by atoms with E-state index in [4.69, 9.17) is 9.26 Å². The summed E-state index contributed by atoms with van der Waals surface area (Å²) in [6, 6.07) is 8.32. The summed E-state index contributed by atoms with van der Waals surface area (Å²) in [5.41, 5.74) is 6.00. The summed E-state index contributed by atoms with van der Waals surface area (Å²) in [5, 5.41) is 15.0. The minimum Gasteiger partial charge on any atom is -0.496 e. The maximum absolute atomic E-state index is 13.9. The first-order valence-electron chi connectivity index (χ1n) is 11.8. The average molecular weight is 472 g/mol. The third-order valence-electron chi connectivity index (χ3n) is 6.48. The number of ether oxygens (including phenoxy) is 1. The highest BCUT2D eigenvalue weighted by Crippen LogP contribution is 2.55. The second kappa shape index (κ2) is 11.6. The van der Waals surface area contributed by atoms with Crippen LogP contribution in [0.2, 0.25) is 0 Å². The molecule has 0 bridgehead atoms. The molecule has 2 aromatic rings. The number of rotatable bonds is 9. The van der Waals surface area contributed by atoms with Crippen molar-refractivity contribution in [3.8, 4) is 5.75 Å². The second-order valence-electron chi connectivity index (χ2n) is 9.29. The number of methoxy groups -OCH3 is 1. The normalized spacial score (nSPS) is 16.5. The Morgan fingerprint density at radius 3 is 2.18 bits per heavy atom. The van der Waals surface area contributed by atoms with Crippen LogP contribution in [0.5, 0.6) is 5.75 Å². The van der Waals surface area contributed by atoms with E-state index < -0.39 is 14.0 Å². The lowest BCUT2D eigenvalue weighted by molar-refractivity contribution is 0.104. The quantitative estimate of drug-likeness (QED) is 0.329. The van der Waals surface area contributed by atoms with E-state index in [1.165, 1.54) is 19.3 Å². The maximum atomic E-state index is 13.9. The van der Waals surface area contributed by atoms with Gasteiger partial charge in [-0.2, -0.15) is 0 Å². The Balaban J connectivity index is 1.94. The molecule has 5 nitrogen and oxygen atoms in total. The molecule has 1 fully saturated rings. The topological polar surface area (TPSA) is 67.8 Å². The summed E-state index contributed by atoms with van der Waals surface area (Å²) in [4.78, 5) is 13.9. The third kappa shape index (κ3) is 6.22. The van der Waals surface area contributed by atoms with Gasteiger partial charge < -0.3 is 14.4 Å². The van der Waals surface area contributed by atoms with Crippen molar-refractivity contribution in [2.24, 2.45) is 0 Å². The number of benzene rings is 2. The number of hydrogen-bond acceptors (Lipinski definition) is 5. The van der Waals surface area contributed by atoms with E-state index in [2.05, 4.69) is 5.32 Å². The van der Waals surface area contributed by atoms with Crippen molar-refractivity contribution in [3.05, 3.63) is 63.2 Å². The van der Waals surface area contributed by atoms with E-state index in [9.17, 15) is 9.90 Å². The molecule has 0 heterocycles. The van der Waals surface area contributed by atoms with Crippen LogP contribution in [0.25, 0.3) is 0 Å². The summed E-state index contributed by atoms with van der Waals surface area (Å²) >= 11 is 0. The largest absolute Gasteiger partial charge is 0.496 e. The number of aliphatic hydroxyl groups excluding tert-OH is 1. The summed E-state index contributed by atoms with van der Waals surface area (Å²) in [6.45, 7) is 10.1. The van der Waals surface area contributed by atoms with Crippen molar-refractivity contribution in [3.63, 3.8) is 0 Å². The van der Waals surface area contributed by atoms with E-state index in [1.807, 2.05) is 58.9 Å². The molecular weight excluding hydrogens is 433 g/mol. The van der Waals surface area contributed by atoms with Gasteiger partial charge in [-0.1, -0.05) is 43.0 Å². The molecule has 0 radical (unpaired) electrons. The molecule has 1 aliphatic rings. The van der Waals surface area contributed by atoms with Crippen molar-refractivity contribution < 1.29 is 19.2 Å². The second-order valence-corrected chi connectivity index (χ2v) is 11.1. The highest BCUT2D eigenvalue weighted by atomic mass is 31.1. The van der Waals surface area contributed by atoms with Crippen LogP contribution in [-0.4, -0.2) is 30.5 Å². The highest BCUT2D eigenvalue weighted by Gasteiger charge is 2.35. The van der Waals surface area contributed by atoms with Crippen molar-refractivity contribution in [2.75, 3.05) is 13.8 Å². The van der Waals surface area contributed by atoms with E-state index >= 15 is 0 Å². The van der Waals surface area contributed by atoms with Gasteiger partial charge in [0.05, 0.1) is 12.7 Å². The molecule has 2 unspecified atom stereocenters. The molecule has 1 aliphatic carbocycles. The predicted molar refractivity (Wildman–Crippen MR) is 135 cm³/mol. The molecule has 3 rings (SSSR count). The number of aliphatic hydroxyl groups is 1. The molecule has 6 heteroatoms. The standard InChI is InChI=1S/C27H38NO4P/c1-17-12-19(3)24(20(4)13-17)26(29)33(32-16-28-22-10-8-7-9-11-22)27(30)25-21(5)14-18(2)15-23(25)31-6/h12-15,22,26,28-29H,7-11,16H2,1-6H3. The van der Waals surface area contributed by atoms with Crippen LogP contribution in [-0.2, 0) is 4.52 Å². The summed E-state index contributed by atoms with van der Waals surface area (Å²) < 4.78 is 11.8. The fraction of sp³-hybridized carbons (Fsp3) is 0.519. The summed E-state index contributed by atoms with van der Waals surface area (Å²) in [6.07, 6.45) is 5.96. The van der Waals surface area contributed by atoms with Crippen LogP contribution in [0, 0.1) is 34.6 Å². The Morgan fingerprint density at radius 1 is 1.00 bits per heavy atom. The molecule has 1 saturated carbocycles. The predicted octanol–water partition coefficient (Wildman–Crippen LogP) is 6.36. The van der Waals surface area contributed by atoms with E-state index in [-0.39, 0.29) is 12.3 Å². The van der Waals surface area contributed by atoms with Gasteiger partial charge >= 0.3 is 0 Å². The number of carbonyl (C=O) groups excluding carboxylic acids is 1. The monoisotopic (exact) mass is 471 g/mol. The van der Waals surface area contributed by atoms with Gasteiger partial charge in [0.1, 0.15) is 26.5 Å². The maximum Gasteiger partial charge on any atom is 0.218 e. The van der Waals surface area contributed by atoms with Gasteiger partial charge in [-0.25, -0.2) is 0 Å². The minimum atomic E-state index is -1.88. The van der Waals surface area contributed by atoms with E-state index in [0.717, 1.165) is 46.2 Å². The first kappa shape index (κ1) is 25.8. The number of carbonyl (C=O) groups is 1. The lowest BCUT2D eigenvalue weighted by atomic mass is 9.96. The first-order valence-corrected chi connectivity index (χ1v) is 13.2.